The zero-order chi connectivity index (χ0) is 28.0. The van der Waals surface area contributed by atoms with E-state index in [1.54, 1.807) is 45.0 Å². The molecule has 1 aromatic heterocycles. The van der Waals surface area contributed by atoms with Crippen molar-refractivity contribution in [3.8, 4) is 0 Å². The summed E-state index contributed by atoms with van der Waals surface area (Å²) in [6, 6.07) is 6.93. The summed E-state index contributed by atoms with van der Waals surface area (Å²) in [6.07, 6.45) is -2.65. The van der Waals surface area contributed by atoms with Gasteiger partial charge in [0.2, 0.25) is 5.82 Å². The molecule has 1 aliphatic heterocycles. The molecule has 12 nitrogen and oxygen atoms in total. The number of rotatable bonds is 9. The quantitative estimate of drug-likeness (QED) is 0.439. The summed E-state index contributed by atoms with van der Waals surface area (Å²) in [6.45, 7) is 3.14. The minimum absolute atomic E-state index is 0.0654. The molecule has 2 heterocycles. The fraction of sp³-hybridized carbons (Fsp3) is 0.500. The van der Waals surface area contributed by atoms with Crippen LogP contribution in [-0.2, 0) is 37.1 Å². The molecule has 38 heavy (non-hydrogen) atoms. The average Bonchev–Trinajstić information content (AvgIpc) is 3.26. The van der Waals surface area contributed by atoms with Crippen LogP contribution in [0.2, 0.25) is 5.02 Å². The largest absolute Gasteiger partial charge is 0.444 e. The first-order chi connectivity index (χ1) is 17.9. The van der Waals surface area contributed by atoms with Gasteiger partial charge in [-0.3, -0.25) is 14.2 Å². The lowest BCUT2D eigenvalue weighted by atomic mass is 10.1. The maximum Gasteiger partial charge on any atom is 0.408 e. The first-order valence-corrected chi connectivity index (χ1v) is 12.0. The summed E-state index contributed by atoms with van der Waals surface area (Å²) in [5, 5.41) is 12.5. The van der Waals surface area contributed by atoms with Crippen LogP contribution in [0.3, 0.4) is 0 Å². The maximum atomic E-state index is 14.4. The summed E-state index contributed by atoms with van der Waals surface area (Å²) in [4.78, 5) is 48.8. The second-order valence-electron chi connectivity index (χ2n) is 9.42. The molecule has 0 spiro atoms. The summed E-state index contributed by atoms with van der Waals surface area (Å²) in [5.74, 6) is -2.28. The number of nitrogens with zero attached hydrogens (tertiary/aromatic N) is 2. The monoisotopic (exact) mass is 557 g/mol. The Bertz CT molecular complexity index is 1260. The molecule has 1 aliphatic rings. The number of amides is 1. The molecule has 3 atom stereocenters. The molecular weight excluding hydrogens is 529 g/mol. The maximum absolute atomic E-state index is 14.4. The molecule has 2 N–H and O–H groups in total. The van der Waals surface area contributed by atoms with Gasteiger partial charge in [-0.2, -0.15) is 4.39 Å². The van der Waals surface area contributed by atoms with E-state index in [1.165, 1.54) is 0 Å². The van der Waals surface area contributed by atoms with Crippen molar-refractivity contribution in [2.45, 2.75) is 64.6 Å². The van der Waals surface area contributed by atoms with E-state index in [-0.39, 0.29) is 13.0 Å². The third-order valence-corrected chi connectivity index (χ3v) is 5.58. The minimum atomic E-state index is -1.31. The van der Waals surface area contributed by atoms with Gasteiger partial charge in [-0.05, 0) is 38.5 Å². The van der Waals surface area contributed by atoms with E-state index in [0.717, 1.165) is 10.1 Å². The van der Waals surface area contributed by atoms with E-state index in [0.29, 0.717) is 15.8 Å². The number of halogens is 2. The molecule has 1 saturated heterocycles. The van der Waals surface area contributed by atoms with Gasteiger partial charge in [-0.15, -0.1) is 0 Å². The second-order valence-corrected chi connectivity index (χ2v) is 9.86. The van der Waals surface area contributed by atoms with Crippen molar-refractivity contribution in [3.63, 3.8) is 0 Å². The number of ether oxygens (including phenoxy) is 4. The predicted molar refractivity (Wildman–Crippen MR) is 131 cm³/mol. The van der Waals surface area contributed by atoms with Crippen LogP contribution in [0.5, 0.6) is 0 Å². The molecule has 1 amide bonds. The molecule has 14 heteroatoms. The van der Waals surface area contributed by atoms with Gasteiger partial charge < -0.3 is 29.4 Å². The molecule has 2 aromatic rings. The Balaban J connectivity index is 1.66. The van der Waals surface area contributed by atoms with E-state index in [1.807, 2.05) is 0 Å². The highest BCUT2D eigenvalue weighted by Crippen LogP contribution is 2.30. The third-order valence-electron chi connectivity index (χ3n) is 5.33. The zero-order valence-electron chi connectivity index (χ0n) is 21.0. The first kappa shape index (κ1) is 29.3. The number of alkyl carbamates (subject to hydrolysis) is 1. The van der Waals surface area contributed by atoms with Crippen molar-refractivity contribution in [2.75, 3.05) is 13.2 Å². The normalized spacial score (nSPS) is 19.3. The van der Waals surface area contributed by atoms with Crippen LogP contribution in [-0.4, -0.2) is 57.3 Å². The summed E-state index contributed by atoms with van der Waals surface area (Å²) in [7, 11) is 0. The number of aromatic nitrogens is 2. The number of aliphatic hydroxyl groups is 1. The highest BCUT2D eigenvalue weighted by Gasteiger charge is 2.37. The zero-order valence-corrected chi connectivity index (χ0v) is 21.8. The lowest BCUT2D eigenvalue weighted by molar-refractivity contribution is -0.146. The van der Waals surface area contributed by atoms with Crippen molar-refractivity contribution in [3.05, 3.63) is 67.7 Å². The van der Waals surface area contributed by atoms with E-state index < -0.39 is 73.0 Å². The first-order valence-electron chi connectivity index (χ1n) is 11.6. The lowest BCUT2D eigenvalue weighted by Crippen LogP contribution is -2.44. The van der Waals surface area contributed by atoms with Crippen molar-refractivity contribution < 1.29 is 38.0 Å². The van der Waals surface area contributed by atoms with Crippen LogP contribution in [0.15, 0.2) is 40.1 Å². The minimum Gasteiger partial charge on any atom is -0.444 e. The third kappa shape index (κ3) is 7.87. The Morgan fingerprint density at radius 1 is 1.24 bits per heavy atom. The number of hydrogen-bond donors (Lipinski definition) is 2. The Kier molecular flexibility index (Phi) is 9.66. The summed E-state index contributed by atoms with van der Waals surface area (Å²) >= 11 is 5.88. The van der Waals surface area contributed by atoms with Crippen LogP contribution in [0.4, 0.5) is 9.18 Å². The van der Waals surface area contributed by atoms with Crippen molar-refractivity contribution >= 4 is 23.7 Å². The molecule has 0 aliphatic carbocycles. The Labute approximate surface area is 221 Å². The predicted octanol–water partition coefficient (Wildman–Crippen LogP) is 1.69. The molecular formula is C24H29ClFN3O9. The molecule has 0 bridgehead atoms. The highest BCUT2D eigenvalue weighted by atomic mass is 35.5. The number of benzene rings is 1. The fourth-order valence-corrected chi connectivity index (χ4v) is 3.67. The second kappa shape index (κ2) is 12.5. The Hall–Kier alpha value is -3.26. The number of carbonyl (C=O) groups is 2. The molecule has 3 rings (SSSR count). The topological polar surface area (TPSA) is 147 Å². The number of nitrogens with one attached hydrogen (secondary N) is 1. The molecule has 0 radical (unpaired) electrons. The van der Waals surface area contributed by atoms with Gasteiger partial charge in [0.1, 0.15) is 24.5 Å². The van der Waals surface area contributed by atoms with Gasteiger partial charge in [0.05, 0.1) is 25.5 Å². The van der Waals surface area contributed by atoms with Crippen LogP contribution >= 0.6 is 11.6 Å². The van der Waals surface area contributed by atoms with Crippen molar-refractivity contribution in [2.24, 2.45) is 0 Å². The average molecular weight is 558 g/mol. The van der Waals surface area contributed by atoms with Crippen LogP contribution in [0.1, 0.15) is 39.0 Å². The van der Waals surface area contributed by atoms with Crippen molar-refractivity contribution in [1.29, 1.82) is 0 Å². The van der Waals surface area contributed by atoms with E-state index >= 15 is 0 Å². The van der Waals surface area contributed by atoms with Gasteiger partial charge in [-0.25, -0.2) is 14.2 Å². The van der Waals surface area contributed by atoms with Gasteiger partial charge >= 0.3 is 17.8 Å². The number of hydrogen-bond acceptors (Lipinski definition) is 9. The van der Waals surface area contributed by atoms with Gasteiger partial charge in [0.25, 0.3) is 5.56 Å². The standard InChI is InChI=1S/C24H29ClFN3O9/c1-24(2,3)38-22(33)27-9-20(31)36-13-29-21(32)16(26)10-28(23(29)34)19-8-17(18(11-30)37-19)35-12-14-4-6-15(25)7-5-14/h4-7,10,17-19,30H,8-9,11-13H2,1-3H3,(H,27,33)/t17-,18+,19+/m0/s1. The molecule has 1 aromatic carbocycles. The number of aliphatic hydroxyl groups excluding tert-OH is 1. The van der Waals surface area contributed by atoms with Gasteiger partial charge in [0, 0.05) is 11.4 Å². The van der Waals surface area contributed by atoms with Gasteiger partial charge in [0.15, 0.2) is 6.73 Å². The Morgan fingerprint density at radius 2 is 1.92 bits per heavy atom. The van der Waals surface area contributed by atoms with E-state index in [9.17, 15) is 28.7 Å². The van der Waals surface area contributed by atoms with Crippen LogP contribution in [0, 0.1) is 5.82 Å². The smallest absolute Gasteiger partial charge is 0.408 e. The van der Waals surface area contributed by atoms with Crippen molar-refractivity contribution in [1.82, 2.24) is 14.5 Å². The Morgan fingerprint density at radius 3 is 2.55 bits per heavy atom. The fourth-order valence-electron chi connectivity index (χ4n) is 3.55. The summed E-state index contributed by atoms with van der Waals surface area (Å²) in [5.41, 5.74) is -2.30. The van der Waals surface area contributed by atoms with Crippen LogP contribution in [0.25, 0.3) is 0 Å². The number of carbonyl (C=O) groups excluding carboxylic acids is 2. The molecule has 0 saturated carbocycles. The van der Waals surface area contributed by atoms with E-state index in [4.69, 9.17) is 30.5 Å². The summed E-state index contributed by atoms with van der Waals surface area (Å²) < 4.78 is 37.0. The van der Waals surface area contributed by atoms with Gasteiger partial charge in [-0.1, -0.05) is 23.7 Å². The molecule has 0 unspecified atom stereocenters. The molecule has 1 fully saturated rings. The van der Waals surface area contributed by atoms with Crippen LogP contribution < -0.4 is 16.6 Å². The lowest BCUT2D eigenvalue weighted by Gasteiger charge is -2.19. The highest BCUT2D eigenvalue weighted by molar-refractivity contribution is 6.30. The number of esters is 1. The SMILES string of the molecule is CC(C)(C)OC(=O)NCC(=O)OCn1c(=O)c(F)cn([C@H]2C[C@H](OCc3ccc(Cl)cc3)[C@@H](CO)O2)c1=O. The van der Waals surface area contributed by atoms with E-state index in [2.05, 4.69) is 5.32 Å². The molecule has 208 valence electrons.